The van der Waals surface area contributed by atoms with Gasteiger partial charge in [0.05, 0.1) is 0 Å². The van der Waals surface area contributed by atoms with Gasteiger partial charge in [0.1, 0.15) is 12.4 Å². The topological polar surface area (TPSA) is 35.2 Å². The van der Waals surface area contributed by atoms with Crippen molar-refractivity contribution in [1.82, 2.24) is 0 Å². The van der Waals surface area contributed by atoms with Crippen LogP contribution in [-0.4, -0.2) is 12.6 Å². The van der Waals surface area contributed by atoms with Crippen molar-refractivity contribution in [2.75, 3.05) is 6.61 Å². The third-order valence-electron chi connectivity index (χ3n) is 2.42. The van der Waals surface area contributed by atoms with Gasteiger partial charge in [-0.15, -0.1) is 0 Å². The summed E-state index contributed by atoms with van der Waals surface area (Å²) < 4.78 is 5.60. The van der Waals surface area contributed by atoms with E-state index in [1.165, 1.54) is 16.7 Å². The standard InChI is InChI=1S/C11H15NO/c1-7-3-8(2)11-9(4-7)5-10(12)6-13-11/h3-4,10H,5-6,12H2,1-2H3. The molecule has 2 nitrogen and oxygen atoms in total. The lowest BCUT2D eigenvalue weighted by molar-refractivity contribution is 0.261. The van der Waals surface area contributed by atoms with Crippen molar-refractivity contribution in [2.24, 2.45) is 5.73 Å². The van der Waals surface area contributed by atoms with E-state index in [0.29, 0.717) is 6.61 Å². The number of aryl methyl sites for hydroxylation is 2. The number of nitrogens with two attached hydrogens (primary N) is 1. The average molecular weight is 177 g/mol. The Labute approximate surface area is 78.7 Å². The molecule has 0 spiro atoms. The van der Waals surface area contributed by atoms with Crippen LogP contribution in [-0.2, 0) is 6.42 Å². The third kappa shape index (κ3) is 1.54. The van der Waals surface area contributed by atoms with Gasteiger partial charge in [-0.2, -0.15) is 0 Å². The zero-order chi connectivity index (χ0) is 9.42. The second-order valence-corrected chi connectivity index (χ2v) is 3.85. The molecule has 1 aliphatic heterocycles. The van der Waals surface area contributed by atoms with Crippen molar-refractivity contribution in [2.45, 2.75) is 26.3 Å². The largest absolute Gasteiger partial charge is 0.491 e. The van der Waals surface area contributed by atoms with E-state index in [0.717, 1.165) is 12.2 Å². The maximum atomic E-state index is 5.82. The number of rotatable bonds is 0. The summed E-state index contributed by atoms with van der Waals surface area (Å²) in [7, 11) is 0. The lowest BCUT2D eigenvalue weighted by atomic mass is 9.98. The van der Waals surface area contributed by atoms with Crippen molar-refractivity contribution in [3.05, 3.63) is 28.8 Å². The van der Waals surface area contributed by atoms with Crippen molar-refractivity contribution >= 4 is 0 Å². The van der Waals surface area contributed by atoms with Gasteiger partial charge in [-0.1, -0.05) is 17.7 Å². The van der Waals surface area contributed by atoms with Gasteiger partial charge in [-0.3, -0.25) is 0 Å². The molecule has 0 saturated heterocycles. The quantitative estimate of drug-likeness (QED) is 0.652. The van der Waals surface area contributed by atoms with Crippen LogP contribution in [0.15, 0.2) is 12.1 Å². The second-order valence-electron chi connectivity index (χ2n) is 3.85. The van der Waals surface area contributed by atoms with E-state index >= 15 is 0 Å². The molecule has 1 aromatic rings. The van der Waals surface area contributed by atoms with Crippen molar-refractivity contribution < 1.29 is 4.74 Å². The highest BCUT2D eigenvalue weighted by Gasteiger charge is 2.18. The van der Waals surface area contributed by atoms with Crippen LogP contribution in [0.1, 0.15) is 16.7 Å². The van der Waals surface area contributed by atoms with E-state index < -0.39 is 0 Å². The Bertz CT molecular complexity index is 333. The van der Waals surface area contributed by atoms with Gasteiger partial charge >= 0.3 is 0 Å². The fraction of sp³-hybridized carbons (Fsp3) is 0.455. The van der Waals surface area contributed by atoms with E-state index in [9.17, 15) is 0 Å². The summed E-state index contributed by atoms with van der Waals surface area (Å²) in [5.74, 6) is 1.05. The van der Waals surface area contributed by atoms with E-state index in [-0.39, 0.29) is 6.04 Å². The van der Waals surface area contributed by atoms with Crippen molar-refractivity contribution in [3.63, 3.8) is 0 Å². The number of hydrogen-bond donors (Lipinski definition) is 1. The molecule has 0 aromatic heterocycles. The first-order chi connectivity index (χ1) is 6.16. The molecule has 1 atom stereocenters. The van der Waals surface area contributed by atoms with E-state index in [1.807, 2.05) is 0 Å². The van der Waals surface area contributed by atoms with Crippen molar-refractivity contribution in [1.29, 1.82) is 0 Å². The predicted molar refractivity (Wildman–Crippen MR) is 53.1 cm³/mol. The number of ether oxygens (including phenoxy) is 1. The maximum Gasteiger partial charge on any atom is 0.125 e. The first-order valence-corrected chi connectivity index (χ1v) is 4.65. The molecule has 1 unspecified atom stereocenters. The van der Waals surface area contributed by atoms with Crippen molar-refractivity contribution in [3.8, 4) is 5.75 Å². The molecular weight excluding hydrogens is 162 g/mol. The van der Waals surface area contributed by atoms with Gasteiger partial charge in [0.15, 0.2) is 0 Å². The van der Waals surface area contributed by atoms with Crippen LogP contribution in [0.25, 0.3) is 0 Å². The smallest absolute Gasteiger partial charge is 0.125 e. The van der Waals surface area contributed by atoms with Crippen LogP contribution in [0.3, 0.4) is 0 Å². The highest BCUT2D eigenvalue weighted by atomic mass is 16.5. The fourth-order valence-electron chi connectivity index (χ4n) is 1.93. The molecule has 0 radical (unpaired) electrons. The molecule has 2 N–H and O–H groups in total. The Morgan fingerprint density at radius 3 is 2.92 bits per heavy atom. The fourth-order valence-corrected chi connectivity index (χ4v) is 1.93. The summed E-state index contributed by atoms with van der Waals surface area (Å²) in [4.78, 5) is 0. The van der Waals surface area contributed by atoms with Gasteiger partial charge in [-0.05, 0) is 31.4 Å². The molecule has 0 aliphatic carbocycles. The summed E-state index contributed by atoms with van der Waals surface area (Å²) in [5.41, 5.74) is 9.60. The van der Waals surface area contributed by atoms with Crippen LogP contribution >= 0.6 is 0 Å². The third-order valence-corrected chi connectivity index (χ3v) is 2.42. The molecule has 0 bridgehead atoms. The summed E-state index contributed by atoms with van der Waals surface area (Å²) in [6.45, 7) is 4.84. The van der Waals surface area contributed by atoms with Gasteiger partial charge < -0.3 is 10.5 Å². The summed E-state index contributed by atoms with van der Waals surface area (Å²) >= 11 is 0. The van der Waals surface area contributed by atoms with Crippen LogP contribution in [0.2, 0.25) is 0 Å². The zero-order valence-corrected chi connectivity index (χ0v) is 8.13. The first kappa shape index (κ1) is 8.57. The van der Waals surface area contributed by atoms with Crippen LogP contribution < -0.4 is 10.5 Å². The highest BCUT2D eigenvalue weighted by molar-refractivity contribution is 5.45. The van der Waals surface area contributed by atoms with E-state index in [4.69, 9.17) is 10.5 Å². The maximum absolute atomic E-state index is 5.82. The lowest BCUT2D eigenvalue weighted by Crippen LogP contribution is -2.34. The van der Waals surface area contributed by atoms with Gasteiger partial charge in [-0.25, -0.2) is 0 Å². The normalized spacial score (nSPS) is 20.7. The van der Waals surface area contributed by atoms with E-state index in [1.54, 1.807) is 0 Å². The second kappa shape index (κ2) is 3.04. The Kier molecular flexibility index (Phi) is 2.00. The summed E-state index contributed by atoms with van der Waals surface area (Å²) in [5, 5.41) is 0. The monoisotopic (exact) mass is 177 g/mol. The summed E-state index contributed by atoms with van der Waals surface area (Å²) in [6, 6.07) is 4.48. The molecule has 13 heavy (non-hydrogen) atoms. The lowest BCUT2D eigenvalue weighted by Gasteiger charge is -2.24. The summed E-state index contributed by atoms with van der Waals surface area (Å²) in [6.07, 6.45) is 0.942. The molecule has 2 rings (SSSR count). The van der Waals surface area contributed by atoms with Gasteiger partial charge in [0.25, 0.3) is 0 Å². The minimum absolute atomic E-state index is 0.161. The minimum Gasteiger partial charge on any atom is -0.491 e. The molecule has 0 amide bonds. The van der Waals surface area contributed by atoms with E-state index in [2.05, 4.69) is 26.0 Å². The van der Waals surface area contributed by atoms with Gasteiger partial charge in [0, 0.05) is 6.04 Å². The average Bonchev–Trinajstić information content (AvgIpc) is 2.02. The minimum atomic E-state index is 0.161. The molecule has 1 aromatic carbocycles. The molecule has 2 heteroatoms. The predicted octanol–water partition coefficient (Wildman–Crippen LogP) is 1.57. The molecule has 0 saturated carbocycles. The molecular formula is C11H15NO. The highest BCUT2D eigenvalue weighted by Crippen LogP contribution is 2.29. The molecule has 1 heterocycles. The first-order valence-electron chi connectivity index (χ1n) is 4.65. The Morgan fingerprint density at radius 2 is 2.15 bits per heavy atom. The SMILES string of the molecule is Cc1cc(C)c2c(c1)CC(N)CO2. The number of hydrogen-bond acceptors (Lipinski definition) is 2. The molecule has 70 valence electrons. The Hall–Kier alpha value is -1.02. The van der Waals surface area contributed by atoms with Crippen LogP contribution in [0.5, 0.6) is 5.75 Å². The van der Waals surface area contributed by atoms with Crippen LogP contribution in [0, 0.1) is 13.8 Å². The number of benzene rings is 1. The zero-order valence-electron chi connectivity index (χ0n) is 8.13. The number of fused-ring (bicyclic) bond motifs is 1. The Morgan fingerprint density at radius 1 is 1.38 bits per heavy atom. The molecule has 0 fully saturated rings. The van der Waals surface area contributed by atoms with Gasteiger partial charge in [0.2, 0.25) is 0 Å². The molecule has 1 aliphatic rings. The Balaban J connectivity index is 2.47. The van der Waals surface area contributed by atoms with Crippen LogP contribution in [0.4, 0.5) is 0 Å².